The molecule has 0 saturated carbocycles. The first-order chi connectivity index (χ1) is 17.4. The lowest BCUT2D eigenvalue weighted by Gasteiger charge is -2.42. The van der Waals surface area contributed by atoms with Crippen LogP contribution in [0.25, 0.3) is 0 Å². The Morgan fingerprint density at radius 2 is 1.75 bits per heavy atom. The van der Waals surface area contributed by atoms with Gasteiger partial charge in [-0.2, -0.15) is 5.26 Å². The molecule has 0 spiro atoms. The van der Waals surface area contributed by atoms with Crippen molar-refractivity contribution in [2.45, 2.75) is 18.9 Å². The molecule has 3 heterocycles. The van der Waals surface area contributed by atoms with Crippen LogP contribution < -0.4 is 21.5 Å². The van der Waals surface area contributed by atoms with Gasteiger partial charge in [0.2, 0.25) is 0 Å². The summed E-state index contributed by atoms with van der Waals surface area (Å²) >= 11 is 0. The van der Waals surface area contributed by atoms with Crippen molar-refractivity contribution < 1.29 is 14.0 Å². The van der Waals surface area contributed by atoms with Crippen LogP contribution in [-0.2, 0) is 6.54 Å². The molecule has 2 unspecified atom stereocenters. The summed E-state index contributed by atoms with van der Waals surface area (Å²) < 4.78 is 14.8. The molecule has 4 amide bonds. The lowest BCUT2D eigenvalue weighted by Crippen LogP contribution is -2.50. The molecule has 182 valence electrons. The third-order valence-electron chi connectivity index (χ3n) is 6.48. The number of halogens is 1. The molecule has 1 saturated heterocycles. The first-order valence-corrected chi connectivity index (χ1v) is 11.5. The third-order valence-corrected chi connectivity index (χ3v) is 6.48. The van der Waals surface area contributed by atoms with Gasteiger partial charge in [0.25, 0.3) is 5.56 Å². The van der Waals surface area contributed by atoms with E-state index in [1.807, 2.05) is 12.1 Å². The van der Waals surface area contributed by atoms with E-state index in [-0.39, 0.29) is 34.9 Å². The number of carbonyl (C=O) groups excluding carboxylic acids is 2. The van der Waals surface area contributed by atoms with Crippen LogP contribution in [0.5, 0.6) is 0 Å². The van der Waals surface area contributed by atoms with Crippen molar-refractivity contribution in [1.29, 1.82) is 5.26 Å². The van der Waals surface area contributed by atoms with Crippen LogP contribution in [0.4, 0.5) is 31.0 Å². The standard InChI is InChI=1S/C26H23FN6O3/c27-19-4-6-20(7-5-19)30-26(36)32-13-17-10-18(15-32)23-9-8-22(24(34)33(23)14-17)31-25(35)29-21-3-1-2-16(11-21)12-28/h1-9,11,17-18H,10,13-15H2,(H,30,36)(H2,29,31,35). The highest BCUT2D eigenvalue weighted by molar-refractivity contribution is 5.99. The molecule has 2 bridgehead atoms. The normalized spacial score (nSPS) is 17.9. The van der Waals surface area contributed by atoms with Gasteiger partial charge in [0.05, 0.1) is 11.6 Å². The fourth-order valence-corrected chi connectivity index (χ4v) is 4.89. The first-order valence-electron chi connectivity index (χ1n) is 11.5. The number of urea groups is 2. The van der Waals surface area contributed by atoms with E-state index in [4.69, 9.17) is 5.26 Å². The van der Waals surface area contributed by atoms with E-state index in [9.17, 15) is 18.8 Å². The van der Waals surface area contributed by atoms with Gasteiger partial charge in [-0.25, -0.2) is 14.0 Å². The number of likely N-dealkylation sites (tertiary alicyclic amines) is 1. The Morgan fingerprint density at radius 1 is 0.944 bits per heavy atom. The summed E-state index contributed by atoms with van der Waals surface area (Å²) in [4.78, 5) is 40.2. The molecule has 2 aliphatic rings. The quantitative estimate of drug-likeness (QED) is 0.515. The van der Waals surface area contributed by atoms with E-state index in [0.717, 1.165) is 12.1 Å². The van der Waals surface area contributed by atoms with Gasteiger partial charge in [0.15, 0.2) is 0 Å². The van der Waals surface area contributed by atoms with Crippen molar-refractivity contribution in [1.82, 2.24) is 9.47 Å². The summed E-state index contributed by atoms with van der Waals surface area (Å²) in [6.07, 6.45) is 0.863. The Kier molecular flexibility index (Phi) is 6.12. The zero-order valence-electron chi connectivity index (χ0n) is 19.2. The lowest BCUT2D eigenvalue weighted by atomic mass is 9.83. The number of carbonyl (C=O) groups is 2. The van der Waals surface area contributed by atoms with Crippen molar-refractivity contribution in [3.8, 4) is 6.07 Å². The Balaban J connectivity index is 1.28. The van der Waals surface area contributed by atoms with Crippen molar-refractivity contribution in [3.05, 3.63) is 88.1 Å². The van der Waals surface area contributed by atoms with Gasteiger partial charge >= 0.3 is 12.1 Å². The second kappa shape index (κ2) is 9.54. The number of nitrogens with zero attached hydrogens (tertiary/aromatic N) is 3. The van der Waals surface area contributed by atoms with Crippen LogP contribution in [-0.4, -0.2) is 34.6 Å². The van der Waals surface area contributed by atoms with Gasteiger partial charge in [0.1, 0.15) is 11.5 Å². The highest BCUT2D eigenvalue weighted by Gasteiger charge is 2.36. The summed E-state index contributed by atoms with van der Waals surface area (Å²) in [7, 11) is 0. The van der Waals surface area contributed by atoms with Crippen LogP contribution in [0.3, 0.4) is 0 Å². The molecular weight excluding hydrogens is 463 g/mol. The average Bonchev–Trinajstić information content (AvgIpc) is 2.87. The van der Waals surface area contributed by atoms with Gasteiger partial charge in [-0.1, -0.05) is 6.07 Å². The van der Waals surface area contributed by atoms with Crippen molar-refractivity contribution >= 4 is 29.1 Å². The zero-order chi connectivity index (χ0) is 25.2. The van der Waals surface area contributed by atoms with E-state index in [2.05, 4.69) is 16.0 Å². The minimum atomic E-state index is -0.581. The summed E-state index contributed by atoms with van der Waals surface area (Å²) in [6, 6.07) is 16.6. The molecule has 2 aliphatic heterocycles. The van der Waals surface area contributed by atoms with E-state index >= 15 is 0 Å². The number of hydrogen-bond acceptors (Lipinski definition) is 4. The molecule has 1 fully saturated rings. The maximum atomic E-state index is 13.2. The molecule has 5 rings (SSSR count). The number of benzene rings is 2. The molecule has 2 aromatic carbocycles. The molecule has 3 N–H and O–H groups in total. The number of amides is 4. The highest BCUT2D eigenvalue weighted by atomic mass is 19.1. The molecule has 0 radical (unpaired) electrons. The number of aromatic nitrogens is 1. The Bertz CT molecular complexity index is 1430. The molecule has 2 atom stereocenters. The van der Waals surface area contributed by atoms with E-state index in [1.165, 1.54) is 24.3 Å². The largest absolute Gasteiger partial charge is 0.324 e. The second-order valence-electron chi connectivity index (χ2n) is 9.00. The maximum absolute atomic E-state index is 13.2. The first kappa shape index (κ1) is 23.1. The van der Waals surface area contributed by atoms with Crippen LogP contribution in [0.2, 0.25) is 0 Å². The Hall–Kier alpha value is -4.65. The van der Waals surface area contributed by atoms with Crippen LogP contribution in [0.1, 0.15) is 23.6 Å². The molecule has 3 aromatic rings. The monoisotopic (exact) mass is 486 g/mol. The molecular formula is C26H23FN6O3. The van der Waals surface area contributed by atoms with Crippen LogP contribution in [0.15, 0.2) is 65.5 Å². The van der Waals surface area contributed by atoms with Crippen LogP contribution >= 0.6 is 0 Å². The predicted molar refractivity (Wildman–Crippen MR) is 132 cm³/mol. The van der Waals surface area contributed by atoms with E-state index in [1.54, 1.807) is 39.8 Å². The van der Waals surface area contributed by atoms with Crippen molar-refractivity contribution in [3.63, 3.8) is 0 Å². The number of rotatable bonds is 3. The smallest absolute Gasteiger partial charge is 0.323 e. The molecule has 36 heavy (non-hydrogen) atoms. The van der Waals surface area contributed by atoms with E-state index in [0.29, 0.717) is 36.6 Å². The number of nitrogens with one attached hydrogen (secondary N) is 3. The number of nitriles is 1. The number of anilines is 3. The fourth-order valence-electron chi connectivity index (χ4n) is 4.89. The number of pyridine rings is 1. The number of hydrogen-bond donors (Lipinski definition) is 3. The summed E-state index contributed by atoms with van der Waals surface area (Å²) in [5.41, 5.74) is 2.04. The van der Waals surface area contributed by atoms with Gasteiger partial charge in [-0.05, 0) is 66.9 Å². The van der Waals surface area contributed by atoms with Gasteiger partial charge in [-0.15, -0.1) is 0 Å². The topological polar surface area (TPSA) is 119 Å². The zero-order valence-corrected chi connectivity index (χ0v) is 19.2. The third kappa shape index (κ3) is 4.77. The highest BCUT2D eigenvalue weighted by Crippen LogP contribution is 2.35. The minimum absolute atomic E-state index is 0.0132. The maximum Gasteiger partial charge on any atom is 0.323 e. The fraction of sp³-hybridized carbons (Fsp3) is 0.231. The van der Waals surface area contributed by atoms with E-state index < -0.39 is 6.03 Å². The second-order valence-corrected chi connectivity index (χ2v) is 9.00. The number of fused-ring (bicyclic) bond motifs is 4. The number of piperidine rings is 1. The van der Waals surface area contributed by atoms with Crippen LogP contribution in [0, 0.1) is 23.1 Å². The van der Waals surface area contributed by atoms with Gasteiger partial charge < -0.3 is 25.4 Å². The predicted octanol–water partition coefficient (Wildman–Crippen LogP) is 4.15. The Labute approximate surface area is 206 Å². The lowest BCUT2D eigenvalue weighted by molar-refractivity contribution is 0.139. The summed E-state index contributed by atoms with van der Waals surface area (Å²) in [6.45, 7) is 1.38. The molecule has 0 aliphatic carbocycles. The molecule has 1 aromatic heterocycles. The molecule has 10 heteroatoms. The molecule has 9 nitrogen and oxygen atoms in total. The van der Waals surface area contributed by atoms with Gasteiger partial charge in [-0.3, -0.25) is 4.79 Å². The van der Waals surface area contributed by atoms with Crippen molar-refractivity contribution in [2.24, 2.45) is 5.92 Å². The average molecular weight is 487 g/mol. The van der Waals surface area contributed by atoms with Crippen molar-refractivity contribution in [2.75, 3.05) is 29.0 Å². The Morgan fingerprint density at radius 3 is 2.53 bits per heavy atom. The SMILES string of the molecule is N#Cc1cccc(NC(=O)Nc2ccc3n(c2=O)CC2CC3CN(C(=O)Nc3ccc(F)cc3)C2)c1. The summed E-state index contributed by atoms with van der Waals surface area (Å²) in [5.74, 6) is -0.298. The minimum Gasteiger partial charge on any atom is -0.324 e. The van der Waals surface area contributed by atoms with Gasteiger partial charge in [0, 0.05) is 42.6 Å². The summed E-state index contributed by atoms with van der Waals surface area (Å²) in [5, 5.41) is 17.0.